The average Bonchev–Trinajstić information content (AvgIpc) is 2.38. The van der Waals surface area contributed by atoms with E-state index in [0.717, 1.165) is 10.9 Å². The number of aromatic nitrogens is 2. The molecular formula is C12H14F2N4O. The lowest BCUT2D eigenvalue weighted by Gasteiger charge is -2.09. The van der Waals surface area contributed by atoms with E-state index in [2.05, 4.69) is 15.3 Å². The van der Waals surface area contributed by atoms with Crippen molar-refractivity contribution in [1.82, 2.24) is 9.97 Å². The van der Waals surface area contributed by atoms with E-state index in [9.17, 15) is 8.78 Å². The number of alkyl halides is 2. The van der Waals surface area contributed by atoms with Crippen LogP contribution < -0.4 is 11.1 Å². The zero-order chi connectivity index (χ0) is 13.7. The van der Waals surface area contributed by atoms with E-state index in [4.69, 9.17) is 10.5 Å². The Morgan fingerprint density at radius 3 is 2.95 bits per heavy atom. The summed E-state index contributed by atoms with van der Waals surface area (Å²) in [6, 6.07) is 5.31. The standard InChI is InChI=1S/C12H14F2N4O/c13-11(14)6-19-4-3-16-12-9-5-8(15)1-2-10(9)17-7-18-12/h1-2,5,7,11H,3-4,6,15H2,(H,16,17,18). The third-order valence-electron chi connectivity index (χ3n) is 2.44. The Bertz CT molecular complexity index is 550. The van der Waals surface area contributed by atoms with Gasteiger partial charge in [-0.25, -0.2) is 18.7 Å². The van der Waals surface area contributed by atoms with E-state index in [1.807, 2.05) is 0 Å². The molecule has 0 bridgehead atoms. The Morgan fingerprint density at radius 2 is 2.16 bits per heavy atom. The van der Waals surface area contributed by atoms with Crippen LogP contribution in [-0.2, 0) is 4.74 Å². The number of rotatable bonds is 6. The van der Waals surface area contributed by atoms with Crippen LogP contribution in [0.5, 0.6) is 0 Å². The number of nitrogens with two attached hydrogens (primary N) is 1. The van der Waals surface area contributed by atoms with Crippen molar-refractivity contribution in [3.05, 3.63) is 24.5 Å². The van der Waals surface area contributed by atoms with Gasteiger partial charge in [0, 0.05) is 17.6 Å². The summed E-state index contributed by atoms with van der Waals surface area (Å²) in [6.07, 6.45) is -1.01. The van der Waals surface area contributed by atoms with Gasteiger partial charge in [0.05, 0.1) is 12.1 Å². The molecule has 0 aliphatic rings. The second-order valence-electron chi connectivity index (χ2n) is 3.89. The largest absolute Gasteiger partial charge is 0.399 e. The normalized spacial score (nSPS) is 11.1. The van der Waals surface area contributed by atoms with E-state index in [1.54, 1.807) is 18.2 Å². The van der Waals surface area contributed by atoms with Crippen molar-refractivity contribution in [2.45, 2.75) is 6.43 Å². The zero-order valence-electron chi connectivity index (χ0n) is 10.1. The van der Waals surface area contributed by atoms with Gasteiger partial charge < -0.3 is 15.8 Å². The highest BCUT2D eigenvalue weighted by atomic mass is 19.3. The second kappa shape index (κ2) is 6.24. The van der Waals surface area contributed by atoms with E-state index in [-0.39, 0.29) is 6.61 Å². The number of nitrogens with one attached hydrogen (secondary N) is 1. The SMILES string of the molecule is Nc1ccc2ncnc(NCCOCC(F)F)c2c1. The number of nitrogens with zero attached hydrogens (tertiary/aromatic N) is 2. The summed E-state index contributed by atoms with van der Waals surface area (Å²) < 4.78 is 28.5. The summed E-state index contributed by atoms with van der Waals surface area (Å²) in [5.74, 6) is 0.609. The summed E-state index contributed by atoms with van der Waals surface area (Å²) in [4.78, 5) is 8.21. The minimum Gasteiger partial charge on any atom is -0.399 e. The molecular weight excluding hydrogens is 254 g/mol. The third-order valence-corrected chi connectivity index (χ3v) is 2.44. The van der Waals surface area contributed by atoms with Gasteiger partial charge >= 0.3 is 0 Å². The first-order valence-corrected chi connectivity index (χ1v) is 5.77. The summed E-state index contributed by atoms with van der Waals surface area (Å²) in [5, 5.41) is 3.80. The molecule has 1 aromatic carbocycles. The number of fused-ring (bicyclic) bond motifs is 1. The van der Waals surface area contributed by atoms with Gasteiger partial charge in [-0.1, -0.05) is 0 Å². The van der Waals surface area contributed by atoms with E-state index < -0.39 is 13.0 Å². The number of anilines is 2. The molecule has 0 aliphatic heterocycles. The molecule has 0 spiro atoms. The number of benzene rings is 1. The summed E-state index contributed by atoms with van der Waals surface area (Å²) in [5.41, 5.74) is 7.09. The fourth-order valence-corrected chi connectivity index (χ4v) is 1.63. The Morgan fingerprint density at radius 1 is 1.32 bits per heavy atom. The van der Waals surface area contributed by atoms with Crippen molar-refractivity contribution in [1.29, 1.82) is 0 Å². The van der Waals surface area contributed by atoms with Crippen LogP contribution in [0.2, 0.25) is 0 Å². The number of halogens is 2. The minimum absolute atomic E-state index is 0.179. The Labute approximate surface area is 108 Å². The van der Waals surface area contributed by atoms with Gasteiger partial charge in [-0.15, -0.1) is 0 Å². The summed E-state index contributed by atoms with van der Waals surface area (Å²) in [6.45, 7) is 0.00489. The van der Waals surface area contributed by atoms with E-state index in [0.29, 0.717) is 18.1 Å². The molecule has 0 atom stereocenters. The van der Waals surface area contributed by atoms with Crippen LogP contribution in [0.4, 0.5) is 20.3 Å². The molecule has 0 radical (unpaired) electrons. The molecule has 2 aromatic rings. The molecule has 2 rings (SSSR count). The van der Waals surface area contributed by atoms with Crippen LogP contribution in [0.25, 0.3) is 10.9 Å². The fourth-order valence-electron chi connectivity index (χ4n) is 1.63. The Balaban J connectivity index is 1.98. The first-order valence-electron chi connectivity index (χ1n) is 5.77. The number of hydrogen-bond donors (Lipinski definition) is 2. The molecule has 0 amide bonds. The van der Waals surface area contributed by atoms with Gasteiger partial charge in [0.2, 0.25) is 0 Å². The molecule has 7 heteroatoms. The van der Waals surface area contributed by atoms with Crippen molar-refractivity contribution >= 4 is 22.4 Å². The lowest BCUT2D eigenvalue weighted by Crippen LogP contribution is -2.14. The molecule has 19 heavy (non-hydrogen) atoms. The lowest BCUT2D eigenvalue weighted by molar-refractivity contribution is 0.0215. The number of ether oxygens (including phenoxy) is 1. The predicted molar refractivity (Wildman–Crippen MR) is 69.3 cm³/mol. The number of nitrogen functional groups attached to an aromatic ring is 1. The molecule has 102 valence electrons. The van der Waals surface area contributed by atoms with E-state index in [1.165, 1.54) is 6.33 Å². The maximum absolute atomic E-state index is 11.9. The molecule has 5 nitrogen and oxygen atoms in total. The fraction of sp³-hybridized carbons (Fsp3) is 0.333. The molecule has 0 saturated carbocycles. The molecule has 3 N–H and O–H groups in total. The predicted octanol–water partition coefficient (Wildman–Crippen LogP) is 1.91. The van der Waals surface area contributed by atoms with Gasteiger partial charge in [0.1, 0.15) is 18.8 Å². The van der Waals surface area contributed by atoms with Gasteiger partial charge in [0.15, 0.2) is 0 Å². The molecule has 1 aromatic heterocycles. The lowest BCUT2D eigenvalue weighted by atomic mass is 10.2. The summed E-state index contributed by atoms with van der Waals surface area (Å²) in [7, 11) is 0. The van der Waals surface area contributed by atoms with Crippen LogP contribution in [0.3, 0.4) is 0 Å². The molecule has 0 saturated heterocycles. The van der Waals surface area contributed by atoms with Crippen LogP contribution in [0.1, 0.15) is 0 Å². The first-order chi connectivity index (χ1) is 9.16. The highest BCUT2D eigenvalue weighted by molar-refractivity contribution is 5.91. The van der Waals surface area contributed by atoms with E-state index >= 15 is 0 Å². The molecule has 0 fully saturated rings. The maximum atomic E-state index is 11.9. The van der Waals surface area contributed by atoms with Gasteiger partial charge in [-0.3, -0.25) is 0 Å². The van der Waals surface area contributed by atoms with Crippen molar-refractivity contribution in [3.63, 3.8) is 0 Å². The summed E-state index contributed by atoms with van der Waals surface area (Å²) >= 11 is 0. The maximum Gasteiger partial charge on any atom is 0.261 e. The third kappa shape index (κ3) is 3.72. The van der Waals surface area contributed by atoms with Crippen molar-refractivity contribution in [3.8, 4) is 0 Å². The van der Waals surface area contributed by atoms with Crippen LogP contribution in [0.15, 0.2) is 24.5 Å². The monoisotopic (exact) mass is 268 g/mol. The zero-order valence-corrected chi connectivity index (χ0v) is 10.1. The Hall–Kier alpha value is -2.02. The quantitative estimate of drug-likeness (QED) is 0.618. The van der Waals surface area contributed by atoms with Crippen LogP contribution >= 0.6 is 0 Å². The highest BCUT2D eigenvalue weighted by Gasteiger charge is 2.04. The Kier molecular flexibility index (Phi) is 4.40. The molecule has 1 heterocycles. The van der Waals surface area contributed by atoms with Crippen LogP contribution in [0, 0.1) is 0 Å². The van der Waals surface area contributed by atoms with Crippen molar-refractivity contribution in [2.75, 3.05) is 30.8 Å². The second-order valence-corrected chi connectivity index (χ2v) is 3.89. The van der Waals surface area contributed by atoms with Gasteiger partial charge in [-0.05, 0) is 18.2 Å². The van der Waals surface area contributed by atoms with Gasteiger partial charge in [0.25, 0.3) is 6.43 Å². The topological polar surface area (TPSA) is 73.1 Å². The minimum atomic E-state index is -2.44. The average molecular weight is 268 g/mol. The highest BCUT2D eigenvalue weighted by Crippen LogP contribution is 2.21. The van der Waals surface area contributed by atoms with Crippen LogP contribution in [-0.4, -0.2) is 36.2 Å². The van der Waals surface area contributed by atoms with Crippen molar-refractivity contribution < 1.29 is 13.5 Å². The smallest absolute Gasteiger partial charge is 0.261 e. The first kappa shape index (κ1) is 13.4. The van der Waals surface area contributed by atoms with Crippen molar-refractivity contribution in [2.24, 2.45) is 0 Å². The molecule has 0 unspecified atom stereocenters. The molecule has 0 aliphatic carbocycles. The number of hydrogen-bond acceptors (Lipinski definition) is 5. The van der Waals surface area contributed by atoms with Gasteiger partial charge in [-0.2, -0.15) is 0 Å².